The Balaban J connectivity index is 2.05. The molecule has 3 heterocycles. The third-order valence-corrected chi connectivity index (χ3v) is 4.15. The Labute approximate surface area is 138 Å². The van der Waals surface area contributed by atoms with Gasteiger partial charge in [-0.05, 0) is 6.92 Å². The van der Waals surface area contributed by atoms with Crippen molar-refractivity contribution in [2.24, 2.45) is 4.99 Å². The first-order chi connectivity index (χ1) is 11.4. The van der Waals surface area contributed by atoms with E-state index >= 15 is 0 Å². The summed E-state index contributed by atoms with van der Waals surface area (Å²) in [6, 6.07) is -1.37. The van der Waals surface area contributed by atoms with Gasteiger partial charge >= 0.3 is 17.9 Å². The third-order valence-electron chi connectivity index (χ3n) is 4.15. The van der Waals surface area contributed by atoms with Crippen LogP contribution in [-0.2, 0) is 20.9 Å². The van der Waals surface area contributed by atoms with E-state index in [0.29, 0.717) is 18.3 Å². The molecule has 3 amide bonds. The van der Waals surface area contributed by atoms with Gasteiger partial charge in [0.1, 0.15) is 18.4 Å². The van der Waals surface area contributed by atoms with Gasteiger partial charge in [-0.3, -0.25) is 14.5 Å². The van der Waals surface area contributed by atoms with Crippen molar-refractivity contribution < 1.29 is 23.7 Å². The smallest absolute Gasteiger partial charge is 0.402 e. The zero-order valence-corrected chi connectivity index (χ0v) is 13.7. The first-order valence-corrected chi connectivity index (χ1v) is 7.37. The summed E-state index contributed by atoms with van der Waals surface area (Å²) in [5.41, 5.74) is 0.916. The van der Waals surface area contributed by atoms with Gasteiger partial charge < -0.3 is 4.74 Å². The number of allylic oxidation sites excluding steroid dienone is 1. The molecule has 1 saturated heterocycles. The Kier molecular flexibility index (Phi) is 3.70. The molecule has 1 aromatic rings. The molecule has 24 heavy (non-hydrogen) atoms. The summed E-state index contributed by atoms with van der Waals surface area (Å²) in [6.07, 6.45) is 3.54. The van der Waals surface area contributed by atoms with Crippen LogP contribution in [0.5, 0.6) is 0 Å². The number of ether oxygens (including phenoxy) is 1. The quantitative estimate of drug-likeness (QED) is 0.438. The van der Waals surface area contributed by atoms with Crippen LogP contribution in [0.25, 0.3) is 0 Å². The number of likely N-dealkylation sites (N-methyl/N-ethyl adjacent to an activating group) is 1. The fourth-order valence-corrected chi connectivity index (χ4v) is 2.92. The maximum atomic E-state index is 12.8. The molecule has 9 nitrogen and oxygen atoms in total. The first kappa shape index (κ1) is 15.9. The van der Waals surface area contributed by atoms with Crippen molar-refractivity contribution in [3.05, 3.63) is 24.5 Å². The van der Waals surface area contributed by atoms with E-state index in [4.69, 9.17) is 0 Å². The Morgan fingerprint density at radius 2 is 2.21 bits per heavy atom. The van der Waals surface area contributed by atoms with Gasteiger partial charge in [-0.15, -0.1) is 0 Å². The van der Waals surface area contributed by atoms with Gasteiger partial charge in [-0.25, -0.2) is 18.8 Å². The summed E-state index contributed by atoms with van der Waals surface area (Å²) >= 11 is 0. The van der Waals surface area contributed by atoms with E-state index in [9.17, 15) is 14.4 Å². The number of urea groups is 1. The number of aromatic nitrogens is 2. The molecule has 1 unspecified atom stereocenters. The van der Waals surface area contributed by atoms with Crippen LogP contribution in [0, 0.1) is 6.92 Å². The molecule has 2 aliphatic rings. The van der Waals surface area contributed by atoms with Crippen molar-refractivity contribution in [2.45, 2.75) is 19.5 Å². The normalized spacial score (nSPS) is 19.1. The number of aliphatic imine (C=N–C) groups is 1. The highest BCUT2D eigenvalue weighted by Gasteiger charge is 2.53. The van der Waals surface area contributed by atoms with Gasteiger partial charge in [0.15, 0.2) is 0 Å². The van der Waals surface area contributed by atoms with Crippen LogP contribution in [0.3, 0.4) is 0 Å². The number of rotatable bonds is 4. The van der Waals surface area contributed by atoms with Gasteiger partial charge in [0, 0.05) is 7.05 Å². The number of imidazole rings is 1. The average molecular weight is 332 g/mol. The number of amidine groups is 1. The largest absolute Gasteiger partial charge is 0.468 e. The Morgan fingerprint density at radius 1 is 1.50 bits per heavy atom. The Morgan fingerprint density at radius 3 is 2.83 bits per heavy atom. The fourth-order valence-electron chi connectivity index (χ4n) is 2.92. The number of methoxy groups -OCH3 is 1. The highest BCUT2D eigenvalue weighted by molar-refractivity contribution is 6.19. The maximum absolute atomic E-state index is 12.8. The number of hydrogen-bond donors (Lipinski definition) is 0. The van der Waals surface area contributed by atoms with Crippen LogP contribution < -0.4 is 4.57 Å². The molecule has 9 heteroatoms. The van der Waals surface area contributed by atoms with E-state index in [-0.39, 0.29) is 0 Å². The number of amides is 3. The number of imide groups is 1. The van der Waals surface area contributed by atoms with Gasteiger partial charge in [0.05, 0.1) is 13.7 Å². The van der Waals surface area contributed by atoms with Crippen molar-refractivity contribution in [1.82, 2.24) is 14.4 Å². The van der Waals surface area contributed by atoms with Crippen LogP contribution in [0.4, 0.5) is 10.7 Å². The number of carbonyl (C=O) groups is 3. The predicted molar refractivity (Wildman–Crippen MR) is 82.6 cm³/mol. The molecule has 2 aliphatic heterocycles. The Bertz CT molecular complexity index is 794. The minimum absolute atomic E-state index is 0.346. The second kappa shape index (κ2) is 5.59. The van der Waals surface area contributed by atoms with Gasteiger partial charge in [0.25, 0.3) is 5.91 Å². The highest BCUT2D eigenvalue weighted by Crippen LogP contribution is 2.29. The number of hydrogen-bond acceptors (Lipinski definition) is 5. The molecule has 1 aromatic heterocycles. The second-order valence-electron chi connectivity index (χ2n) is 5.59. The molecule has 0 aliphatic carbocycles. The summed E-state index contributed by atoms with van der Waals surface area (Å²) in [4.78, 5) is 43.3. The van der Waals surface area contributed by atoms with E-state index in [2.05, 4.69) is 16.3 Å². The monoisotopic (exact) mass is 332 g/mol. The number of aryl methyl sites for hydroxylation is 1. The lowest BCUT2D eigenvalue weighted by Gasteiger charge is -2.32. The van der Waals surface area contributed by atoms with Crippen molar-refractivity contribution >= 4 is 29.7 Å². The summed E-state index contributed by atoms with van der Waals surface area (Å²) < 4.78 is 8.17. The second-order valence-corrected chi connectivity index (χ2v) is 5.59. The number of carbonyl (C=O) groups excluding carboxylic acids is 3. The molecule has 0 aromatic carbocycles. The summed E-state index contributed by atoms with van der Waals surface area (Å²) in [7, 11) is 2.74. The lowest BCUT2D eigenvalue weighted by Crippen LogP contribution is -2.63. The van der Waals surface area contributed by atoms with Crippen molar-refractivity contribution in [2.75, 3.05) is 20.7 Å². The van der Waals surface area contributed by atoms with Crippen molar-refractivity contribution in [3.63, 3.8) is 0 Å². The molecule has 1 fully saturated rings. The third kappa shape index (κ3) is 2.12. The van der Waals surface area contributed by atoms with E-state index < -0.39 is 30.5 Å². The highest BCUT2D eigenvalue weighted by atomic mass is 16.5. The SMILES string of the molecule is C=CCn1c(C)c[n+]2c1N=C1C2C(=O)N(CC(=O)OC)C(=O)N1C. The first-order valence-electron chi connectivity index (χ1n) is 7.37. The maximum Gasteiger partial charge on any atom is 0.402 e. The number of fused-ring (bicyclic) bond motifs is 3. The predicted octanol–water partition coefficient (Wildman–Crippen LogP) is -0.0783. The summed E-state index contributed by atoms with van der Waals surface area (Å²) in [6.45, 7) is 5.73. The molecular formula is C15H18N5O4+. The summed E-state index contributed by atoms with van der Waals surface area (Å²) in [5, 5.41) is 0. The minimum atomic E-state index is -0.767. The number of esters is 1. The fraction of sp³-hybridized carbons (Fsp3) is 0.400. The van der Waals surface area contributed by atoms with Crippen LogP contribution in [0.15, 0.2) is 23.8 Å². The summed E-state index contributed by atoms with van der Waals surface area (Å²) in [5.74, 6) is -0.241. The van der Waals surface area contributed by atoms with E-state index in [0.717, 1.165) is 10.6 Å². The molecule has 0 spiro atoms. The van der Waals surface area contributed by atoms with Crippen LogP contribution >= 0.6 is 0 Å². The molecule has 0 saturated carbocycles. The molecular weight excluding hydrogens is 314 g/mol. The van der Waals surface area contributed by atoms with Gasteiger partial charge in [-0.2, -0.15) is 0 Å². The van der Waals surface area contributed by atoms with Crippen LogP contribution in [0.2, 0.25) is 0 Å². The molecule has 126 valence electrons. The molecule has 1 atom stereocenters. The lowest BCUT2D eigenvalue weighted by molar-refractivity contribution is -0.677. The zero-order chi connectivity index (χ0) is 17.6. The molecule has 0 radical (unpaired) electrons. The lowest BCUT2D eigenvalue weighted by atomic mass is 10.1. The van der Waals surface area contributed by atoms with Crippen LogP contribution in [0.1, 0.15) is 11.7 Å². The van der Waals surface area contributed by atoms with Crippen molar-refractivity contribution in [1.29, 1.82) is 0 Å². The van der Waals surface area contributed by atoms with E-state index in [1.807, 2.05) is 11.5 Å². The van der Waals surface area contributed by atoms with Gasteiger partial charge in [0.2, 0.25) is 11.9 Å². The van der Waals surface area contributed by atoms with E-state index in [1.165, 1.54) is 19.1 Å². The standard InChI is InChI=1S/C15H18N5O4/c1-5-6-18-9(2)7-19-11-12(16-14(18)19)17(3)15(23)20(13(11)22)8-10(21)24-4/h5,7,11H,1,6,8H2,2-4H3/q+1. The average Bonchev–Trinajstić information content (AvgIpc) is 3.06. The van der Waals surface area contributed by atoms with Gasteiger partial charge in [-0.1, -0.05) is 17.6 Å². The Hall–Kier alpha value is -2.97. The zero-order valence-electron chi connectivity index (χ0n) is 13.7. The number of nitrogens with zero attached hydrogens (tertiary/aromatic N) is 5. The molecule has 0 N–H and O–H groups in total. The minimum Gasteiger partial charge on any atom is -0.468 e. The molecule has 0 bridgehead atoms. The van der Waals surface area contributed by atoms with Crippen molar-refractivity contribution in [3.8, 4) is 0 Å². The molecule has 3 rings (SSSR count). The van der Waals surface area contributed by atoms with E-state index in [1.54, 1.807) is 16.8 Å². The van der Waals surface area contributed by atoms with Crippen LogP contribution in [-0.4, -0.2) is 58.8 Å². The topological polar surface area (TPSA) is 88.1 Å².